The molecule has 0 amide bonds. The molecule has 2 aromatic rings. The molecule has 2 heterocycles. The van der Waals surface area contributed by atoms with E-state index in [9.17, 15) is 14.0 Å². The fourth-order valence-corrected chi connectivity index (χ4v) is 5.96. The Morgan fingerprint density at radius 3 is 2.88 bits per heavy atom. The lowest BCUT2D eigenvalue weighted by molar-refractivity contribution is -0.141. The Morgan fingerprint density at radius 1 is 1.31 bits per heavy atom. The van der Waals surface area contributed by atoms with Crippen LogP contribution in [0.2, 0.25) is 0 Å². The molecule has 166 valence electrons. The van der Waals surface area contributed by atoms with Gasteiger partial charge in [-0.3, -0.25) is 14.2 Å². The first-order valence-electron chi connectivity index (χ1n) is 10.2. The minimum Gasteiger partial charge on any atom is -0.468 e. The summed E-state index contributed by atoms with van der Waals surface area (Å²) in [6, 6.07) is 4.90. The molecule has 5 nitrogen and oxygen atoms in total. The van der Waals surface area contributed by atoms with E-state index < -0.39 is 5.97 Å². The van der Waals surface area contributed by atoms with E-state index in [1.807, 2.05) is 24.3 Å². The summed E-state index contributed by atoms with van der Waals surface area (Å²) in [5.41, 5.74) is 2.37. The van der Waals surface area contributed by atoms with Crippen LogP contribution in [-0.4, -0.2) is 24.7 Å². The van der Waals surface area contributed by atoms with Crippen molar-refractivity contribution in [2.24, 2.45) is 0 Å². The van der Waals surface area contributed by atoms with Crippen LogP contribution in [0.5, 0.6) is 0 Å². The number of thioether (sulfide) groups is 1. The van der Waals surface area contributed by atoms with Crippen molar-refractivity contribution in [2.45, 2.75) is 31.2 Å². The Hall–Kier alpha value is -2.84. The number of ether oxygens (including phenoxy) is 1. The van der Waals surface area contributed by atoms with Gasteiger partial charge in [-0.2, -0.15) is 0 Å². The molecule has 0 atom stereocenters. The maximum Gasteiger partial charge on any atom is 0.325 e. The number of halogens is 1. The van der Waals surface area contributed by atoms with Crippen LogP contribution in [-0.2, 0) is 16.1 Å². The van der Waals surface area contributed by atoms with E-state index in [0.29, 0.717) is 19.9 Å². The molecule has 0 fully saturated rings. The van der Waals surface area contributed by atoms with Gasteiger partial charge in [-0.15, -0.1) is 11.3 Å². The number of esters is 1. The number of carbonyl (C=O) groups is 1. The molecule has 32 heavy (non-hydrogen) atoms. The highest BCUT2D eigenvalue weighted by Gasteiger charge is 2.27. The van der Waals surface area contributed by atoms with E-state index in [2.05, 4.69) is 19.1 Å². The number of methoxy groups -OCH3 is 1. The number of benzene rings is 1. The van der Waals surface area contributed by atoms with Crippen LogP contribution < -0.4 is 19.7 Å². The highest BCUT2D eigenvalue weighted by molar-refractivity contribution is 8.08. The van der Waals surface area contributed by atoms with Crippen molar-refractivity contribution in [1.82, 2.24) is 4.57 Å². The lowest BCUT2D eigenvalue weighted by Gasteiger charge is -2.12. The Morgan fingerprint density at radius 2 is 2.12 bits per heavy atom. The van der Waals surface area contributed by atoms with Crippen molar-refractivity contribution >= 4 is 45.9 Å². The molecule has 0 N–H and O–H groups in total. The van der Waals surface area contributed by atoms with Gasteiger partial charge in [-0.1, -0.05) is 47.7 Å². The quantitative estimate of drug-likeness (QED) is 0.643. The number of fused-ring (bicyclic) bond motifs is 1. The molecule has 1 aromatic carbocycles. The highest BCUT2D eigenvalue weighted by atomic mass is 32.2. The normalized spacial score (nSPS) is 18.1. The van der Waals surface area contributed by atoms with Crippen molar-refractivity contribution in [3.05, 3.63) is 79.0 Å². The first-order valence-corrected chi connectivity index (χ1v) is 11.8. The second kappa shape index (κ2) is 9.34. The number of allylic oxidation sites excluding steroid dienone is 6. The number of nitrogens with zero attached hydrogens (tertiary/aromatic N) is 2. The minimum atomic E-state index is -0.504. The van der Waals surface area contributed by atoms with E-state index in [1.165, 1.54) is 46.4 Å². The molecule has 0 spiro atoms. The first-order chi connectivity index (χ1) is 15.4. The molecule has 0 bridgehead atoms. The van der Waals surface area contributed by atoms with Crippen LogP contribution in [0.15, 0.2) is 63.3 Å². The van der Waals surface area contributed by atoms with Crippen molar-refractivity contribution < 1.29 is 13.9 Å². The van der Waals surface area contributed by atoms with Crippen LogP contribution in [0.3, 0.4) is 0 Å². The first kappa shape index (κ1) is 22.4. The molecule has 1 aliphatic carbocycles. The molecule has 4 rings (SSSR count). The van der Waals surface area contributed by atoms with Gasteiger partial charge in [0, 0.05) is 11.9 Å². The average molecular weight is 471 g/mol. The summed E-state index contributed by atoms with van der Waals surface area (Å²) in [6.45, 7) is 1.90. The molecule has 0 unspecified atom stereocenters. The Kier molecular flexibility index (Phi) is 6.53. The number of aromatic nitrogens is 1. The van der Waals surface area contributed by atoms with E-state index in [4.69, 9.17) is 4.74 Å². The SMILES string of the molecule is COC(=O)Cn1c(=CC2=CC=C(C)CCC=C2)sc(=C2Sc3cccc(F)c3N2C)c1=O. The summed E-state index contributed by atoms with van der Waals surface area (Å²) in [7, 11) is 3.05. The summed E-state index contributed by atoms with van der Waals surface area (Å²) in [5.74, 6) is -0.839. The van der Waals surface area contributed by atoms with Gasteiger partial charge in [0.25, 0.3) is 5.56 Å². The third kappa shape index (κ3) is 4.38. The Labute approximate surface area is 193 Å². The number of hydrogen-bond acceptors (Lipinski definition) is 6. The molecule has 2 aliphatic rings. The fourth-order valence-electron chi connectivity index (χ4n) is 3.53. The van der Waals surface area contributed by atoms with Gasteiger partial charge in [0.2, 0.25) is 0 Å². The maximum absolute atomic E-state index is 14.4. The second-order valence-electron chi connectivity index (χ2n) is 7.55. The van der Waals surface area contributed by atoms with Crippen molar-refractivity contribution in [3.63, 3.8) is 0 Å². The van der Waals surface area contributed by atoms with Gasteiger partial charge in [0.05, 0.1) is 17.5 Å². The predicted molar refractivity (Wildman–Crippen MR) is 129 cm³/mol. The zero-order chi connectivity index (χ0) is 22.8. The third-order valence-corrected chi connectivity index (χ3v) is 7.75. The lowest BCUT2D eigenvalue weighted by atomic mass is 10.1. The number of thiazole rings is 1. The molecule has 8 heteroatoms. The summed E-state index contributed by atoms with van der Waals surface area (Å²) in [5, 5.41) is 0.649. The Bertz CT molecular complexity index is 1350. The number of para-hydroxylation sites is 1. The predicted octanol–water partition coefficient (Wildman–Crippen LogP) is 3.53. The van der Waals surface area contributed by atoms with Crippen molar-refractivity contribution in [3.8, 4) is 0 Å². The molecule has 1 aliphatic heterocycles. The van der Waals surface area contributed by atoms with Crippen LogP contribution in [0.4, 0.5) is 10.1 Å². The maximum atomic E-state index is 14.4. The van der Waals surface area contributed by atoms with E-state index >= 15 is 0 Å². The van der Waals surface area contributed by atoms with Gasteiger partial charge in [0.15, 0.2) is 0 Å². The van der Waals surface area contributed by atoms with Crippen molar-refractivity contribution in [2.75, 3.05) is 19.1 Å². The zero-order valence-corrected chi connectivity index (χ0v) is 19.7. The van der Waals surface area contributed by atoms with Gasteiger partial charge >= 0.3 is 5.97 Å². The van der Waals surface area contributed by atoms with Crippen LogP contribution in [0, 0.1) is 5.82 Å². The summed E-state index contributed by atoms with van der Waals surface area (Å²) in [4.78, 5) is 27.9. The summed E-state index contributed by atoms with van der Waals surface area (Å²) < 4.78 is 21.7. The molecular formula is C24H23FN2O3S2. The van der Waals surface area contributed by atoms with Crippen LogP contribution >= 0.6 is 23.1 Å². The van der Waals surface area contributed by atoms with Gasteiger partial charge in [-0.05, 0) is 43.5 Å². The van der Waals surface area contributed by atoms with E-state index in [1.54, 1.807) is 18.0 Å². The highest BCUT2D eigenvalue weighted by Crippen LogP contribution is 2.46. The number of anilines is 1. The van der Waals surface area contributed by atoms with Gasteiger partial charge in [-0.25, -0.2) is 4.39 Å². The number of rotatable bonds is 3. The van der Waals surface area contributed by atoms with Gasteiger partial charge < -0.3 is 9.64 Å². The summed E-state index contributed by atoms with van der Waals surface area (Å²) >= 11 is 2.65. The lowest BCUT2D eigenvalue weighted by Crippen LogP contribution is -2.36. The molecule has 1 aromatic heterocycles. The smallest absolute Gasteiger partial charge is 0.325 e. The molecule has 0 saturated heterocycles. The molecule has 0 radical (unpaired) electrons. The number of carbonyl (C=O) groups excluding carboxylic acids is 1. The minimum absolute atomic E-state index is 0.188. The topological polar surface area (TPSA) is 51.5 Å². The third-order valence-electron chi connectivity index (χ3n) is 5.28. The van der Waals surface area contributed by atoms with Crippen molar-refractivity contribution in [1.29, 1.82) is 0 Å². The van der Waals surface area contributed by atoms with Crippen LogP contribution in [0.1, 0.15) is 19.8 Å². The molecular weight excluding hydrogens is 447 g/mol. The fraction of sp³-hybridized carbons (Fsp3) is 0.250. The zero-order valence-electron chi connectivity index (χ0n) is 18.1. The monoisotopic (exact) mass is 470 g/mol. The van der Waals surface area contributed by atoms with E-state index in [-0.39, 0.29) is 17.9 Å². The molecule has 0 saturated carbocycles. The Balaban J connectivity index is 1.92. The second-order valence-corrected chi connectivity index (χ2v) is 9.62. The standard InChI is InChI=1S/C24H23FN2O3S2/c1-15-7-4-5-8-16(12-11-15)13-19-27(14-20(28)30-3)23(29)22(32-19)24-26(2)21-17(25)9-6-10-18(21)31-24/h5-6,8-13H,4,7,14H2,1-3H3. The largest absolute Gasteiger partial charge is 0.468 e. The average Bonchev–Trinajstić information content (AvgIpc) is 3.25. The summed E-state index contributed by atoms with van der Waals surface area (Å²) in [6.07, 6.45) is 12.1. The van der Waals surface area contributed by atoms with E-state index in [0.717, 1.165) is 23.3 Å². The number of hydrogen-bond donors (Lipinski definition) is 0. The van der Waals surface area contributed by atoms with Gasteiger partial charge in [0.1, 0.15) is 21.9 Å². The van der Waals surface area contributed by atoms with Crippen LogP contribution in [0.25, 0.3) is 11.1 Å².